The lowest BCUT2D eigenvalue weighted by molar-refractivity contribution is -0.117. The molecule has 9 heteroatoms. The molecular weight excluding hydrogens is 392 g/mol. The van der Waals surface area contributed by atoms with Crippen LogP contribution in [0.4, 0.5) is 0 Å². The molecule has 154 valence electrons. The summed E-state index contributed by atoms with van der Waals surface area (Å²) in [7, 11) is -3.53. The molecule has 1 fully saturated rings. The number of sulfonamides is 1. The number of nitrogens with zero attached hydrogens (tertiary/aromatic N) is 3. The average Bonchev–Trinajstić information content (AvgIpc) is 2.72. The van der Waals surface area contributed by atoms with Gasteiger partial charge >= 0.3 is 0 Å². The standard InChI is InChI=1S/C20H24N4O4S/c25-20(18-6-3-7-24-10-13-29(26,27)22-19(18)24)21-14-16-4-1-2-5-17(16)15-23-8-11-28-12-9-23/h1-7H,8-15H2,(H,21,25). The van der Waals surface area contributed by atoms with Crippen molar-refractivity contribution >= 4 is 21.8 Å². The molecule has 1 N–H and O–H groups in total. The molecule has 1 amide bonds. The summed E-state index contributed by atoms with van der Waals surface area (Å²) in [5, 5.41) is 2.92. The summed E-state index contributed by atoms with van der Waals surface area (Å²) in [6.45, 7) is 4.73. The number of rotatable bonds is 5. The maximum Gasteiger partial charge on any atom is 0.256 e. The van der Waals surface area contributed by atoms with E-state index in [1.165, 1.54) is 0 Å². The van der Waals surface area contributed by atoms with Crippen LogP contribution in [0.3, 0.4) is 0 Å². The number of benzene rings is 1. The Balaban J connectivity index is 1.45. The van der Waals surface area contributed by atoms with E-state index in [4.69, 9.17) is 4.74 Å². The van der Waals surface area contributed by atoms with Crippen LogP contribution in [0.1, 0.15) is 11.1 Å². The van der Waals surface area contributed by atoms with Gasteiger partial charge in [-0.25, -0.2) is 8.42 Å². The number of carbonyl (C=O) groups is 1. The van der Waals surface area contributed by atoms with E-state index in [0.717, 1.165) is 44.0 Å². The van der Waals surface area contributed by atoms with Crippen LogP contribution < -0.4 is 5.32 Å². The molecule has 29 heavy (non-hydrogen) atoms. The van der Waals surface area contributed by atoms with E-state index in [9.17, 15) is 13.2 Å². The molecule has 4 rings (SSSR count). The smallest absolute Gasteiger partial charge is 0.256 e. The van der Waals surface area contributed by atoms with Gasteiger partial charge in [-0.3, -0.25) is 9.69 Å². The van der Waals surface area contributed by atoms with Crippen molar-refractivity contribution in [2.75, 3.05) is 38.6 Å². The fourth-order valence-corrected chi connectivity index (χ4v) is 4.53. The largest absolute Gasteiger partial charge is 0.379 e. The third kappa shape index (κ3) is 4.75. The van der Waals surface area contributed by atoms with Gasteiger partial charge in [-0.15, -0.1) is 4.40 Å². The molecule has 0 atom stereocenters. The Morgan fingerprint density at radius 2 is 1.90 bits per heavy atom. The lowest BCUT2D eigenvalue weighted by atomic mass is 10.1. The number of carbonyl (C=O) groups excluding carboxylic acids is 1. The monoisotopic (exact) mass is 416 g/mol. The number of morpholine rings is 1. The van der Waals surface area contributed by atoms with Gasteiger partial charge < -0.3 is 15.0 Å². The zero-order chi connectivity index (χ0) is 20.3. The highest BCUT2D eigenvalue weighted by atomic mass is 32.2. The number of amides is 1. The minimum absolute atomic E-state index is 0.0509. The van der Waals surface area contributed by atoms with Crippen molar-refractivity contribution in [1.29, 1.82) is 0 Å². The molecule has 0 radical (unpaired) electrons. The highest BCUT2D eigenvalue weighted by Crippen LogP contribution is 2.18. The second-order valence-corrected chi connectivity index (χ2v) is 8.91. The van der Waals surface area contributed by atoms with Crippen LogP contribution in [-0.4, -0.2) is 68.6 Å². The van der Waals surface area contributed by atoms with Crippen LogP contribution in [0.5, 0.6) is 0 Å². The summed E-state index contributed by atoms with van der Waals surface area (Å²) >= 11 is 0. The Kier molecular flexibility index (Phi) is 5.79. The third-order valence-corrected chi connectivity index (χ3v) is 6.31. The molecule has 1 aromatic carbocycles. The molecule has 8 nitrogen and oxygen atoms in total. The Bertz CT molecular complexity index is 978. The van der Waals surface area contributed by atoms with Crippen molar-refractivity contribution in [3.8, 4) is 0 Å². The molecule has 3 aliphatic heterocycles. The van der Waals surface area contributed by atoms with Crippen molar-refractivity contribution in [2.24, 2.45) is 4.40 Å². The van der Waals surface area contributed by atoms with Crippen LogP contribution >= 0.6 is 0 Å². The van der Waals surface area contributed by atoms with Gasteiger partial charge in [0.1, 0.15) is 0 Å². The molecule has 3 aliphatic rings. The highest BCUT2D eigenvalue weighted by molar-refractivity contribution is 7.90. The fourth-order valence-electron chi connectivity index (χ4n) is 3.55. The maximum atomic E-state index is 12.8. The average molecular weight is 417 g/mol. The fraction of sp³-hybridized carbons (Fsp3) is 0.400. The van der Waals surface area contributed by atoms with Crippen LogP contribution in [-0.2, 0) is 32.6 Å². The summed E-state index contributed by atoms with van der Waals surface area (Å²) in [6.07, 6.45) is 5.07. The normalized spacial score (nSPS) is 21.2. The van der Waals surface area contributed by atoms with E-state index in [-0.39, 0.29) is 23.1 Å². The summed E-state index contributed by atoms with van der Waals surface area (Å²) < 4.78 is 33.0. The lowest BCUT2D eigenvalue weighted by Crippen LogP contribution is -2.42. The zero-order valence-corrected chi connectivity index (χ0v) is 16.9. The molecular formula is C20H24N4O4S. The predicted molar refractivity (Wildman–Crippen MR) is 110 cm³/mol. The molecule has 1 aromatic rings. The second kappa shape index (κ2) is 8.48. The van der Waals surface area contributed by atoms with E-state index < -0.39 is 10.0 Å². The summed E-state index contributed by atoms with van der Waals surface area (Å²) in [5.41, 5.74) is 2.46. The number of allylic oxidation sites excluding steroid dienone is 2. The van der Waals surface area contributed by atoms with Gasteiger partial charge in [0.15, 0.2) is 5.84 Å². The van der Waals surface area contributed by atoms with Crippen LogP contribution in [0, 0.1) is 0 Å². The van der Waals surface area contributed by atoms with Gasteiger partial charge in [0.25, 0.3) is 15.9 Å². The van der Waals surface area contributed by atoms with E-state index in [0.29, 0.717) is 13.1 Å². The SMILES string of the molecule is O=C(NCc1ccccc1CN1CCOCC1)C1=CC=CN2CCS(=O)(=O)N=C12. The zero-order valence-electron chi connectivity index (χ0n) is 16.1. The summed E-state index contributed by atoms with van der Waals surface area (Å²) in [4.78, 5) is 16.8. The van der Waals surface area contributed by atoms with Crippen molar-refractivity contribution in [1.82, 2.24) is 15.1 Å². The van der Waals surface area contributed by atoms with E-state index in [1.54, 1.807) is 23.3 Å². The summed E-state index contributed by atoms with van der Waals surface area (Å²) in [5.74, 6) is -0.195. The van der Waals surface area contributed by atoms with Gasteiger partial charge in [-0.05, 0) is 23.3 Å². The van der Waals surface area contributed by atoms with Crippen molar-refractivity contribution in [3.63, 3.8) is 0 Å². The van der Waals surface area contributed by atoms with Gasteiger partial charge in [0.2, 0.25) is 0 Å². The molecule has 0 aliphatic carbocycles. The maximum absolute atomic E-state index is 12.8. The quantitative estimate of drug-likeness (QED) is 0.757. The van der Waals surface area contributed by atoms with E-state index >= 15 is 0 Å². The molecule has 0 bridgehead atoms. The first-order valence-electron chi connectivity index (χ1n) is 9.65. The van der Waals surface area contributed by atoms with E-state index in [2.05, 4.69) is 20.7 Å². The number of hydrogen-bond acceptors (Lipinski definition) is 6. The Morgan fingerprint density at radius 1 is 1.14 bits per heavy atom. The topological polar surface area (TPSA) is 91.3 Å². The van der Waals surface area contributed by atoms with Crippen LogP contribution in [0.2, 0.25) is 0 Å². The molecule has 0 aromatic heterocycles. The van der Waals surface area contributed by atoms with Gasteiger partial charge in [0, 0.05) is 38.9 Å². The van der Waals surface area contributed by atoms with Crippen LogP contribution in [0.25, 0.3) is 0 Å². The minimum atomic E-state index is -3.53. The number of ether oxygens (including phenoxy) is 1. The van der Waals surface area contributed by atoms with Crippen molar-refractivity contribution < 1.29 is 17.9 Å². The minimum Gasteiger partial charge on any atom is -0.379 e. The van der Waals surface area contributed by atoms with Gasteiger partial charge in [-0.2, -0.15) is 0 Å². The predicted octanol–water partition coefficient (Wildman–Crippen LogP) is 0.633. The first-order chi connectivity index (χ1) is 14.0. The van der Waals surface area contributed by atoms with Crippen molar-refractivity contribution in [3.05, 3.63) is 59.3 Å². The van der Waals surface area contributed by atoms with Gasteiger partial charge in [-0.1, -0.05) is 24.3 Å². The number of amidine groups is 1. The number of nitrogens with one attached hydrogen (secondary N) is 1. The lowest BCUT2D eigenvalue weighted by Gasteiger charge is -2.29. The third-order valence-electron chi connectivity index (χ3n) is 5.16. The summed E-state index contributed by atoms with van der Waals surface area (Å²) in [6, 6.07) is 8.01. The Hall–Kier alpha value is -2.49. The molecule has 0 saturated carbocycles. The van der Waals surface area contributed by atoms with E-state index in [1.807, 2.05) is 18.2 Å². The Labute approximate surface area is 170 Å². The number of hydrogen-bond donors (Lipinski definition) is 1. The Morgan fingerprint density at radius 3 is 2.69 bits per heavy atom. The van der Waals surface area contributed by atoms with Crippen LogP contribution in [0.15, 0.2) is 52.6 Å². The first-order valence-corrected chi connectivity index (χ1v) is 11.3. The first kappa shape index (κ1) is 19.8. The molecule has 1 saturated heterocycles. The molecule has 3 heterocycles. The highest BCUT2D eigenvalue weighted by Gasteiger charge is 2.29. The second-order valence-electron chi connectivity index (χ2n) is 7.16. The van der Waals surface area contributed by atoms with Gasteiger partial charge in [0.05, 0.1) is 24.5 Å². The molecule has 0 unspecified atom stereocenters. The van der Waals surface area contributed by atoms with Crippen molar-refractivity contribution in [2.45, 2.75) is 13.1 Å². The number of fused-ring (bicyclic) bond motifs is 1. The molecule has 0 spiro atoms.